The average molecular weight is 279 g/mol. The number of rotatable bonds is 7. The van der Waals surface area contributed by atoms with E-state index in [1.807, 2.05) is 17.8 Å². The molecule has 0 aromatic carbocycles. The molecule has 0 unspecified atom stereocenters. The second-order valence-electron chi connectivity index (χ2n) is 5.22. The minimum Gasteiger partial charge on any atom is -0.308 e. The van der Waals surface area contributed by atoms with Gasteiger partial charge in [-0.3, -0.25) is 9.36 Å². The van der Waals surface area contributed by atoms with Gasteiger partial charge in [-0.1, -0.05) is 0 Å². The normalized spacial score (nSPS) is 11.4. The van der Waals surface area contributed by atoms with Gasteiger partial charge in [0.05, 0.1) is 18.4 Å². The van der Waals surface area contributed by atoms with Crippen molar-refractivity contribution < 1.29 is 4.39 Å². The van der Waals surface area contributed by atoms with Crippen LogP contribution in [0.2, 0.25) is 0 Å². The second-order valence-corrected chi connectivity index (χ2v) is 5.22. The molecule has 2 aromatic rings. The third kappa shape index (κ3) is 3.66. The highest BCUT2D eigenvalue weighted by atomic mass is 19.1. The van der Waals surface area contributed by atoms with Crippen molar-refractivity contribution in [1.82, 2.24) is 24.9 Å². The Balaban J connectivity index is 1.85. The summed E-state index contributed by atoms with van der Waals surface area (Å²) in [5.74, 6) is 0. The molecule has 6 heteroatoms. The molecular weight excluding hydrogens is 257 g/mol. The van der Waals surface area contributed by atoms with Gasteiger partial charge in [0.1, 0.15) is 6.67 Å². The molecular formula is C14H22FN5. The maximum absolute atomic E-state index is 12.2. The molecule has 2 aromatic heterocycles. The molecule has 0 atom stereocenters. The first-order chi connectivity index (χ1) is 9.60. The molecule has 0 saturated carbocycles. The summed E-state index contributed by atoms with van der Waals surface area (Å²) in [5, 5.41) is 11.9. The zero-order chi connectivity index (χ0) is 14.5. The monoisotopic (exact) mass is 279 g/mol. The number of hydrogen-bond donors (Lipinski definition) is 1. The predicted octanol–water partition coefficient (Wildman–Crippen LogP) is 2.23. The third-order valence-electron chi connectivity index (χ3n) is 3.19. The van der Waals surface area contributed by atoms with Crippen LogP contribution in [0.5, 0.6) is 0 Å². The Hall–Kier alpha value is -1.69. The predicted molar refractivity (Wildman–Crippen MR) is 76.1 cm³/mol. The maximum atomic E-state index is 12.2. The molecule has 0 spiro atoms. The van der Waals surface area contributed by atoms with Crippen LogP contribution < -0.4 is 5.32 Å². The fraction of sp³-hybridized carbons (Fsp3) is 0.571. The summed E-state index contributed by atoms with van der Waals surface area (Å²) >= 11 is 0. The van der Waals surface area contributed by atoms with Crippen molar-refractivity contribution in [3.05, 3.63) is 35.4 Å². The lowest BCUT2D eigenvalue weighted by molar-refractivity contribution is 0.427. The molecule has 0 aliphatic carbocycles. The van der Waals surface area contributed by atoms with Crippen LogP contribution in [-0.2, 0) is 19.6 Å². The van der Waals surface area contributed by atoms with E-state index in [2.05, 4.69) is 35.6 Å². The first kappa shape index (κ1) is 14.7. The zero-order valence-electron chi connectivity index (χ0n) is 12.3. The first-order valence-corrected chi connectivity index (χ1v) is 6.92. The number of nitrogens with one attached hydrogen (secondary N) is 1. The van der Waals surface area contributed by atoms with Crippen molar-refractivity contribution in [3.8, 4) is 0 Å². The molecule has 2 heterocycles. The van der Waals surface area contributed by atoms with Crippen LogP contribution in [0, 0.1) is 6.92 Å². The molecule has 1 N–H and O–H groups in total. The molecule has 0 bridgehead atoms. The van der Waals surface area contributed by atoms with Gasteiger partial charge >= 0.3 is 0 Å². The van der Waals surface area contributed by atoms with Crippen LogP contribution in [0.3, 0.4) is 0 Å². The Morgan fingerprint density at radius 3 is 2.75 bits per heavy atom. The molecule has 20 heavy (non-hydrogen) atoms. The van der Waals surface area contributed by atoms with E-state index >= 15 is 0 Å². The summed E-state index contributed by atoms with van der Waals surface area (Å²) in [6.07, 6.45) is 5.73. The van der Waals surface area contributed by atoms with E-state index in [0.29, 0.717) is 12.6 Å². The number of aromatic nitrogens is 4. The number of hydrogen-bond acceptors (Lipinski definition) is 3. The summed E-state index contributed by atoms with van der Waals surface area (Å²) in [6, 6.07) is 0.376. The average Bonchev–Trinajstić information content (AvgIpc) is 2.98. The Labute approximate surface area is 118 Å². The van der Waals surface area contributed by atoms with Crippen molar-refractivity contribution in [2.75, 3.05) is 6.67 Å². The molecule has 5 nitrogen and oxygen atoms in total. The molecule has 0 saturated heterocycles. The molecule has 0 radical (unpaired) electrons. The Kier molecular flexibility index (Phi) is 4.89. The summed E-state index contributed by atoms with van der Waals surface area (Å²) in [7, 11) is 0. The third-order valence-corrected chi connectivity index (χ3v) is 3.19. The quantitative estimate of drug-likeness (QED) is 0.845. The van der Waals surface area contributed by atoms with Crippen LogP contribution in [0.15, 0.2) is 18.6 Å². The SMILES string of the molecule is Cc1nn(C(C)C)cc1CNCc1cnn(CCF)c1. The maximum Gasteiger partial charge on any atom is 0.109 e. The van der Waals surface area contributed by atoms with Crippen LogP contribution >= 0.6 is 0 Å². The van der Waals surface area contributed by atoms with Gasteiger partial charge in [-0.2, -0.15) is 10.2 Å². The van der Waals surface area contributed by atoms with Crippen molar-refractivity contribution in [2.24, 2.45) is 0 Å². The highest BCUT2D eigenvalue weighted by Gasteiger charge is 2.07. The van der Waals surface area contributed by atoms with Gasteiger partial charge in [-0.25, -0.2) is 4.39 Å². The van der Waals surface area contributed by atoms with Gasteiger partial charge in [0.25, 0.3) is 0 Å². The van der Waals surface area contributed by atoms with Crippen molar-refractivity contribution in [1.29, 1.82) is 0 Å². The number of alkyl halides is 1. The molecule has 0 amide bonds. The topological polar surface area (TPSA) is 47.7 Å². The van der Waals surface area contributed by atoms with Crippen molar-refractivity contribution in [3.63, 3.8) is 0 Å². The lowest BCUT2D eigenvalue weighted by Gasteiger charge is -2.03. The van der Waals surface area contributed by atoms with E-state index in [9.17, 15) is 4.39 Å². The number of halogens is 1. The highest BCUT2D eigenvalue weighted by molar-refractivity contribution is 5.15. The summed E-state index contributed by atoms with van der Waals surface area (Å²) in [4.78, 5) is 0. The molecule has 0 aliphatic rings. The standard InChI is InChI=1S/C14H22FN5/c1-11(2)20-10-14(12(3)18-20)8-16-6-13-7-17-19(9-13)5-4-15/h7,9-11,16H,4-6,8H2,1-3H3. The van der Waals surface area contributed by atoms with Crippen molar-refractivity contribution >= 4 is 0 Å². The Morgan fingerprint density at radius 1 is 1.30 bits per heavy atom. The molecule has 110 valence electrons. The zero-order valence-corrected chi connectivity index (χ0v) is 12.3. The van der Waals surface area contributed by atoms with Gasteiger partial charge < -0.3 is 5.32 Å². The van der Waals surface area contributed by atoms with E-state index in [-0.39, 0.29) is 6.67 Å². The van der Waals surface area contributed by atoms with Crippen LogP contribution in [0.25, 0.3) is 0 Å². The molecule has 0 fully saturated rings. The van der Waals surface area contributed by atoms with E-state index in [4.69, 9.17) is 0 Å². The smallest absolute Gasteiger partial charge is 0.109 e. The molecule has 0 aliphatic heterocycles. The Bertz CT molecular complexity index is 544. The van der Waals surface area contributed by atoms with Crippen molar-refractivity contribution in [2.45, 2.75) is 46.4 Å². The lowest BCUT2D eigenvalue weighted by atomic mass is 10.2. The van der Waals surface area contributed by atoms with E-state index in [0.717, 1.165) is 24.3 Å². The largest absolute Gasteiger partial charge is 0.308 e. The van der Waals surface area contributed by atoms with Gasteiger partial charge in [0, 0.05) is 42.7 Å². The summed E-state index contributed by atoms with van der Waals surface area (Å²) < 4.78 is 15.8. The minimum absolute atomic E-state index is 0.320. The van der Waals surface area contributed by atoms with Gasteiger partial charge in [-0.15, -0.1) is 0 Å². The lowest BCUT2D eigenvalue weighted by Crippen LogP contribution is -2.12. The van der Waals surface area contributed by atoms with Crippen LogP contribution in [0.4, 0.5) is 4.39 Å². The highest BCUT2D eigenvalue weighted by Crippen LogP contribution is 2.10. The van der Waals surface area contributed by atoms with E-state index in [1.54, 1.807) is 10.9 Å². The van der Waals surface area contributed by atoms with Gasteiger partial charge in [0.2, 0.25) is 0 Å². The second kappa shape index (κ2) is 6.65. The summed E-state index contributed by atoms with van der Waals surface area (Å²) in [5.41, 5.74) is 3.32. The minimum atomic E-state index is -0.387. The van der Waals surface area contributed by atoms with E-state index in [1.165, 1.54) is 5.56 Å². The number of nitrogens with zero attached hydrogens (tertiary/aromatic N) is 4. The number of aryl methyl sites for hydroxylation is 2. The first-order valence-electron chi connectivity index (χ1n) is 6.92. The van der Waals surface area contributed by atoms with Crippen LogP contribution in [0.1, 0.15) is 36.7 Å². The van der Waals surface area contributed by atoms with E-state index < -0.39 is 0 Å². The summed E-state index contributed by atoms with van der Waals surface area (Å²) in [6.45, 7) is 7.68. The fourth-order valence-electron chi connectivity index (χ4n) is 2.01. The van der Waals surface area contributed by atoms with Gasteiger partial charge in [-0.05, 0) is 20.8 Å². The fourth-order valence-corrected chi connectivity index (χ4v) is 2.01. The molecule has 2 rings (SSSR count). The Morgan fingerprint density at radius 2 is 2.10 bits per heavy atom. The van der Waals surface area contributed by atoms with Gasteiger partial charge in [0.15, 0.2) is 0 Å². The van der Waals surface area contributed by atoms with Crippen LogP contribution in [-0.4, -0.2) is 26.2 Å².